The molecule has 0 aliphatic carbocycles. The van der Waals surface area contributed by atoms with Crippen molar-refractivity contribution in [1.82, 2.24) is 0 Å². The minimum atomic E-state index is -4.70. The first kappa shape index (κ1) is 26.1. The smallest absolute Gasteiger partial charge is 0.462 e. The number of rotatable bonds is 17. The van der Waals surface area contributed by atoms with Gasteiger partial charge in [0.05, 0.1) is 6.61 Å². The summed E-state index contributed by atoms with van der Waals surface area (Å²) in [7, 11) is -4.70. The Balaban J connectivity index is 4.12. The van der Waals surface area contributed by atoms with Gasteiger partial charge in [0.1, 0.15) is 6.61 Å². The molecule has 0 heterocycles. The summed E-state index contributed by atoms with van der Waals surface area (Å²) < 4.78 is 25.3. The van der Waals surface area contributed by atoms with E-state index in [0.717, 1.165) is 19.3 Å². The van der Waals surface area contributed by atoms with E-state index in [1.165, 1.54) is 25.7 Å². The van der Waals surface area contributed by atoms with Gasteiger partial charge in [-0.2, -0.15) is 0 Å². The normalized spacial score (nSPS) is 12.6. The molecule has 0 rings (SSSR count). The Hall–Kier alpha value is -0.950. The monoisotopic (exact) mass is 410 g/mol. The fourth-order valence-corrected chi connectivity index (χ4v) is 2.77. The molecule has 8 nitrogen and oxygen atoms in total. The lowest BCUT2D eigenvalue weighted by molar-refractivity contribution is -0.161. The molecule has 0 radical (unpaired) electrons. The quantitative estimate of drug-likeness (QED) is 0.211. The summed E-state index contributed by atoms with van der Waals surface area (Å²) in [4.78, 5) is 40.9. The zero-order valence-electron chi connectivity index (χ0n) is 16.6. The Labute approximate surface area is 162 Å². The highest BCUT2D eigenvalue weighted by molar-refractivity contribution is 7.46. The lowest BCUT2D eigenvalue weighted by Crippen LogP contribution is -2.29. The van der Waals surface area contributed by atoms with Crippen LogP contribution in [0.15, 0.2) is 0 Å². The molecule has 0 aliphatic rings. The third-order valence-electron chi connectivity index (χ3n) is 3.85. The van der Waals surface area contributed by atoms with E-state index in [9.17, 15) is 14.2 Å². The van der Waals surface area contributed by atoms with Gasteiger partial charge in [-0.25, -0.2) is 4.57 Å². The molecular weight excluding hydrogens is 375 g/mol. The van der Waals surface area contributed by atoms with Crippen LogP contribution >= 0.6 is 7.82 Å². The van der Waals surface area contributed by atoms with Crippen LogP contribution in [0.4, 0.5) is 0 Å². The van der Waals surface area contributed by atoms with Gasteiger partial charge in [-0.1, -0.05) is 58.8 Å². The van der Waals surface area contributed by atoms with E-state index >= 15 is 0 Å². The number of esters is 2. The van der Waals surface area contributed by atoms with E-state index in [1.54, 1.807) is 0 Å². The number of phosphoric acid groups is 1. The number of carbonyl (C=O) groups is 2. The van der Waals surface area contributed by atoms with Gasteiger partial charge in [0, 0.05) is 12.8 Å². The summed E-state index contributed by atoms with van der Waals surface area (Å²) in [5.41, 5.74) is 0. The first-order valence-electron chi connectivity index (χ1n) is 9.83. The van der Waals surface area contributed by atoms with Crippen molar-refractivity contribution in [2.24, 2.45) is 0 Å². The van der Waals surface area contributed by atoms with Crippen molar-refractivity contribution >= 4 is 19.8 Å². The van der Waals surface area contributed by atoms with Crippen molar-refractivity contribution in [3.63, 3.8) is 0 Å². The molecule has 2 N–H and O–H groups in total. The summed E-state index contributed by atoms with van der Waals surface area (Å²) >= 11 is 0. The number of hydrogen-bond donors (Lipinski definition) is 2. The topological polar surface area (TPSA) is 119 Å². The van der Waals surface area contributed by atoms with Crippen molar-refractivity contribution in [1.29, 1.82) is 0 Å². The van der Waals surface area contributed by atoms with Crippen molar-refractivity contribution < 1.29 is 37.9 Å². The Kier molecular flexibility index (Phi) is 15.5. The Bertz CT molecular complexity index is 449. The molecule has 0 spiro atoms. The van der Waals surface area contributed by atoms with E-state index in [0.29, 0.717) is 12.8 Å². The predicted octanol–water partition coefficient (Wildman–Crippen LogP) is 3.88. The van der Waals surface area contributed by atoms with Crippen LogP contribution in [0, 0.1) is 0 Å². The van der Waals surface area contributed by atoms with Crippen LogP contribution in [-0.2, 0) is 28.2 Å². The zero-order chi connectivity index (χ0) is 20.5. The van der Waals surface area contributed by atoms with E-state index in [-0.39, 0.29) is 19.4 Å². The highest BCUT2D eigenvalue weighted by Gasteiger charge is 2.22. The lowest BCUT2D eigenvalue weighted by atomic mass is 10.1. The minimum absolute atomic E-state index is 0.213. The van der Waals surface area contributed by atoms with Crippen LogP contribution in [-0.4, -0.2) is 41.0 Å². The molecular formula is C18H35O8P. The average Bonchev–Trinajstić information content (AvgIpc) is 2.59. The van der Waals surface area contributed by atoms with Crippen LogP contribution in [0.25, 0.3) is 0 Å². The number of phosphoric ester groups is 1. The second-order valence-corrected chi connectivity index (χ2v) is 7.80. The van der Waals surface area contributed by atoms with Gasteiger partial charge in [0.25, 0.3) is 0 Å². The second-order valence-electron chi connectivity index (χ2n) is 6.56. The molecule has 0 fully saturated rings. The molecule has 0 aliphatic heterocycles. The molecule has 160 valence electrons. The standard InChI is InChI=1S/C18H35O8P/c1-3-5-6-7-8-9-10-11-13-18(20)26-16(15-25-27(21,22)23)14-24-17(19)12-4-2/h16H,3-15H2,1-2H3,(H2,21,22,23). The number of ether oxygens (including phenoxy) is 2. The molecule has 0 aromatic heterocycles. The first-order chi connectivity index (χ1) is 12.8. The Morgan fingerprint density at radius 3 is 1.96 bits per heavy atom. The maximum absolute atomic E-state index is 11.9. The number of hydrogen-bond acceptors (Lipinski definition) is 6. The van der Waals surface area contributed by atoms with Gasteiger partial charge >= 0.3 is 19.8 Å². The first-order valence-corrected chi connectivity index (χ1v) is 11.4. The Morgan fingerprint density at radius 2 is 1.41 bits per heavy atom. The zero-order valence-corrected chi connectivity index (χ0v) is 17.5. The summed E-state index contributed by atoms with van der Waals surface area (Å²) in [5.74, 6) is -0.954. The van der Waals surface area contributed by atoms with Crippen molar-refractivity contribution in [2.75, 3.05) is 13.2 Å². The fraction of sp³-hybridized carbons (Fsp3) is 0.889. The number of unbranched alkanes of at least 4 members (excludes halogenated alkanes) is 7. The van der Waals surface area contributed by atoms with Crippen LogP contribution in [0.1, 0.15) is 84.5 Å². The van der Waals surface area contributed by atoms with Crippen molar-refractivity contribution in [3.05, 3.63) is 0 Å². The molecule has 0 saturated heterocycles. The van der Waals surface area contributed by atoms with Crippen molar-refractivity contribution in [3.8, 4) is 0 Å². The molecule has 9 heteroatoms. The fourth-order valence-electron chi connectivity index (χ4n) is 2.41. The van der Waals surface area contributed by atoms with Gasteiger partial charge in [0.15, 0.2) is 6.10 Å². The molecule has 0 saturated carbocycles. The van der Waals surface area contributed by atoms with Crippen LogP contribution in [0.5, 0.6) is 0 Å². The van der Waals surface area contributed by atoms with Gasteiger partial charge in [0.2, 0.25) is 0 Å². The van der Waals surface area contributed by atoms with Gasteiger partial charge in [-0.15, -0.1) is 0 Å². The van der Waals surface area contributed by atoms with Gasteiger partial charge in [-0.05, 0) is 12.8 Å². The van der Waals surface area contributed by atoms with E-state index in [4.69, 9.17) is 19.3 Å². The summed E-state index contributed by atoms with van der Waals surface area (Å²) in [6.07, 6.45) is 8.77. The summed E-state index contributed by atoms with van der Waals surface area (Å²) in [6.45, 7) is 3.17. The molecule has 0 bridgehead atoms. The van der Waals surface area contributed by atoms with Crippen LogP contribution < -0.4 is 0 Å². The van der Waals surface area contributed by atoms with Gasteiger partial charge in [-0.3, -0.25) is 14.1 Å². The second kappa shape index (κ2) is 16.0. The Morgan fingerprint density at radius 1 is 0.815 bits per heavy atom. The van der Waals surface area contributed by atoms with Crippen molar-refractivity contribution in [2.45, 2.75) is 90.6 Å². The summed E-state index contributed by atoms with van der Waals surface area (Å²) in [5, 5.41) is 0. The summed E-state index contributed by atoms with van der Waals surface area (Å²) in [6, 6.07) is 0. The third kappa shape index (κ3) is 18.2. The van der Waals surface area contributed by atoms with Crippen LogP contribution in [0.3, 0.4) is 0 Å². The van der Waals surface area contributed by atoms with Crippen LogP contribution in [0.2, 0.25) is 0 Å². The minimum Gasteiger partial charge on any atom is -0.462 e. The van der Waals surface area contributed by atoms with E-state index in [1.807, 2.05) is 6.92 Å². The maximum Gasteiger partial charge on any atom is 0.469 e. The highest BCUT2D eigenvalue weighted by atomic mass is 31.2. The SMILES string of the molecule is CCCCCCCCCCC(=O)OC(COC(=O)CCC)COP(=O)(O)O. The molecule has 0 aromatic carbocycles. The molecule has 1 unspecified atom stereocenters. The molecule has 0 aromatic rings. The molecule has 0 amide bonds. The highest BCUT2D eigenvalue weighted by Crippen LogP contribution is 2.35. The molecule has 1 atom stereocenters. The number of carbonyl (C=O) groups excluding carboxylic acids is 2. The largest absolute Gasteiger partial charge is 0.469 e. The molecule has 27 heavy (non-hydrogen) atoms. The third-order valence-corrected chi connectivity index (χ3v) is 4.33. The van der Waals surface area contributed by atoms with E-state index in [2.05, 4.69) is 11.4 Å². The lowest BCUT2D eigenvalue weighted by Gasteiger charge is -2.18. The average molecular weight is 410 g/mol. The predicted molar refractivity (Wildman–Crippen MR) is 101 cm³/mol. The maximum atomic E-state index is 11.9. The van der Waals surface area contributed by atoms with Gasteiger partial charge < -0.3 is 19.3 Å². The van der Waals surface area contributed by atoms with E-state index < -0.39 is 32.5 Å².